The lowest BCUT2D eigenvalue weighted by atomic mass is 9.87. The monoisotopic (exact) mass is 451 g/mol. The van der Waals surface area contributed by atoms with Crippen molar-refractivity contribution in [1.82, 2.24) is 24.9 Å². The molecule has 8 nitrogen and oxygen atoms in total. The third kappa shape index (κ3) is 4.47. The van der Waals surface area contributed by atoms with Gasteiger partial charge in [0.15, 0.2) is 0 Å². The van der Waals surface area contributed by atoms with E-state index < -0.39 is 12.3 Å². The third-order valence-corrected chi connectivity index (χ3v) is 7.37. The van der Waals surface area contributed by atoms with Crippen LogP contribution in [0.5, 0.6) is 0 Å². The molecule has 5 rings (SSSR count). The van der Waals surface area contributed by atoms with E-state index in [0.717, 1.165) is 43.6 Å². The first kappa shape index (κ1) is 22.3. The minimum Gasteiger partial charge on any atom is -0.374 e. The second-order valence-corrected chi connectivity index (χ2v) is 9.94. The molecule has 8 heteroatoms. The molecule has 2 N–H and O–H groups in total. The number of fused-ring (bicyclic) bond motifs is 1. The molecule has 33 heavy (non-hydrogen) atoms. The second kappa shape index (κ2) is 9.00. The molecule has 2 saturated heterocycles. The highest BCUT2D eigenvalue weighted by atomic mass is 16.3. The molecular weight excluding hydrogens is 418 g/mol. The van der Waals surface area contributed by atoms with E-state index in [1.165, 1.54) is 11.1 Å². The smallest absolute Gasteiger partial charge is 0.244 e. The lowest BCUT2D eigenvalue weighted by Gasteiger charge is -2.32. The van der Waals surface area contributed by atoms with Gasteiger partial charge in [-0.2, -0.15) is 5.10 Å². The molecule has 0 bridgehead atoms. The molecule has 1 aromatic heterocycles. The molecule has 4 heterocycles. The highest BCUT2D eigenvalue weighted by Crippen LogP contribution is 2.38. The highest BCUT2D eigenvalue weighted by Gasteiger charge is 2.40. The van der Waals surface area contributed by atoms with Crippen LogP contribution >= 0.6 is 0 Å². The molecule has 176 valence electrons. The maximum atomic E-state index is 12.3. The maximum absolute atomic E-state index is 12.3. The van der Waals surface area contributed by atoms with Crippen LogP contribution in [0, 0.1) is 0 Å². The van der Waals surface area contributed by atoms with Crippen LogP contribution in [0.2, 0.25) is 0 Å². The van der Waals surface area contributed by atoms with Crippen LogP contribution in [0.3, 0.4) is 0 Å². The normalized spacial score (nSPS) is 25.0. The van der Waals surface area contributed by atoms with Gasteiger partial charge < -0.3 is 5.11 Å². The molecule has 2 unspecified atom stereocenters. The van der Waals surface area contributed by atoms with Gasteiger partial charge in [0.1, 0.15) is 6.23 Å². The number of aromatic nitrogens is 2. The van der Waals surface area contributed by atoms with Crippen LogP contribution in [0.1, 0.15) is 80.0 Å². The number of imide groups is 1. The van der Waals surface area contributed by atoms with Crippen LogP contribution in [-0.2, 0) is 22.7 Å². The average Bonchev–Trinajstić information content (AvgIpc) is 3.39. The lowest BCUT2D eigenvalue weighted by molar-refractivity contribution is -0.141. The summed E-state index contributed by atoms with van der Waals surface area (Å²) in [6, 6.07) is 6.31. The Morgan fingerprint density at radius 1 is 1.18 bits per heavy atom. The fraction of sp³-hybridized carbons (Fsp3) is 0.560. The number of nitrogens with one attached hydrogen (secondary N) is 1. The van der Waals surface area contributed by atoms with Crippen LogP contribution in [0.4, 0.5) is 0 Å². The van der Waals surface area contributed by atoms with E-state index in [9.17, 15) is 14.7 Å². The molecular formula is C25H33N5O3. The number of nitrogens with zero attached hydrogens (tertiary/aromatic N) is 4. The molecule has 0 spiro atoms. The van der Waals surface area contributed by atoms with Crippen molar-refractivity contribution in [3.8, 4) is 0 Å². The molecule has 3 aliphatic heterocycles. The van der Waals surface area contributed by atoms with Crippen LogP contribution in [0.25, 0.3) is 0 Å². The SMILES string of the molecule is CC(C)n1cc(CN2CCC(c3ccc4c(c3)CN(C3CCC(=O)NC3=O)C4O)CC2)cn1. The first-order chi connectivity index (χ1) is 15.9. The Morgan fingerprint density at radius 2 is 1.97 bits per heavy atom. The molecule has 2 fully saturated rings. The van der Waals surface area contributed by atoms with Crippen molar-refractivity contribution in [2.24, 2.45) is 0 Å². The number of rotatable bonds is 5. The number of benzene rings is 1. The summed E-state index contributed by atoms with van der Waals surface area (Å²) in [7, 11) is 0. The fourth-order valence-corrected chi connectivity index (χ4v) is 5.43. The molecule has 2 atom stereocenters. The first-order valence-corrected chi connectivity index (χ1v) is 12.0. The number of hydrogen-bond donors (Lipinski definition) is 2. The molecule has 2 amide bonds. The highest BCUT2D eigenvalue weighted by molar-refractivity contribution is 6.00. The molecule has 2 aromatic rings. The Hall–Kier alpha value is -2.55. The number of aliphatic hydroxyl groups excluding tert-OH is 1. The summed E-state index contributed by atoms with van der Waals surface area (Å²) in [5.74, 6) is -0.0267. The molecule has 3 aliphatic rings. The van der Waals surface area contributed by atoms with Gasteiger partial charge in [-0.25, -0.2) is 0 Å². The average molecular weight is 452 g/mol. The number of piperidine rings is 2. The van der Waals surface area contributed by atoms with Gasteiger partial charge in [0, 0.05) is 37.3 Å². The van der Waals surface area contributed by atoms with E-state index in [1.54, 1.807) is 0 Å². The summed E-state index contributed by atoms with van der Waals surface area (Å²) in [6.45, 7) is 7.87. The Bertz CT molecular complexity index is 1040. The van der Waals surface area contributed by atoms with Crippen LogP contribution in [0.15, 0.2) is 30.6 Å². The predicted molar refractivity (Wildman–Crippen MR) is 123 cm³/mol. The number of likely N-dealkylation sites (tertiary alicyclic amines) is 1. The summed E-state index contributed by atoms with van der Waals surface area (Å²) < 4.78 is 2.01. The lowest BCUT2D eigenvalue weighted by Crippen LogP contribution is -2.51. The Kier molecular flexibility index (Phi) is 6.07. The van der Waals surface area contributed by atoms with Crippen molar-refractivity contribution in [2.75, 3.05) is 13.1 Å². The van der Waals surface area contributed by atoms with Crippen molar-refractivity contribution < 1.29 is 14.7 Å². The quantitative estimate of drug-likeness (QED) is 0.679. The van der Waals surface area contributed by atoms with Crippen molar-refractivity contribution in [3.05, 3.63) is 52.8 Å². The molecule has 0 aliphatic carbocycles. The standard InChI is InChI=1S/C25H33N5O3/c1-16(2)30-14-17(12-26-30)13-28-9-7-18(8-10-28)19-3-4-21-20(11-19)15-29(25(21)33)22-5-6-23(31)27-24(22)32/h3-4,11-12,14,16,18,22,25,33H,5-10,13,15H2,1-2H3,(H,27,31,32). The number of carbonyl (C=O) groups excluding carboxylic acids is 2. The molecule has 1 aromatic carbocycles. The largest absolute Gasteiger partial charge is 0.374 e. The number of carbonyl (C=O) groups is 2. The zero-order valence-electron chi connectivity index (χ0n) is 19.4. The van der Waals surface area contributed by atoms with Gasteiger partial charge in [-0.05, 0) is 68.8 Å². The zero-order valence-corrected chi connectivity index (χ0v) is 19.4. The molecule has 0 saturated carbocycles. The van der Waals surface area contributed by atoms with Gasteiger partial charge in [0.05, 0.1) is 12.2 Å². The van der Waals surface area contributed by atoms with Crippen LogP contribution < -0.4 is 5.32 Å². The van der Waals surface area contributed by atoms with E-state index in [4.69, 9.17) is 0 Å². The fourth-order valence-electron chi connectivity index (χ4n) is 5.43. The van der Waals surface area contributed by atoms with Crippen molar-refractivity contribution >= 4 is 11.8 Å². The number of amides is 2. The van der Waals surface area contributed by atoms with Gasteiger partial charge in [-0.1, -0.05) is 18.2 Å². The number of aliphatic hydroxyl groups is 1. The summed E-state index contributed by atoms with van der Waals surface area (Å²) in [5, 5.41) is 17.7. The maximum Gasteiger partial charge on any atom is 0.244 e. The predicted octanol–water partition coefficient (Wildman–Crippen LogP) is 2.46. The first-order valence-electron chi connectivity index (χ1n) is 12.0. The summed E-state index contributed by atoms with van der Waals surface area (Å²) >= 11 is 0. The topological polar surface area (TPSA) is 90.7 Å². The summed E-state index contributed by atoms with van der Waals surface area (Å²) in [4.78, 5) is 28.1. The minimum atomic E-state index is -0.799. The van der Waals surface area contributed by atoms with Gasteiger partial charge in [-0.3, -0.25) is 29.4 Å². The minimum absolute atomic E-state index is 0.232. The van der Waals surface area contributed by atoms with Crippen molar-refractivity contribution in [3.63, 3.8) is 0 Å². The van der Waals surface area contributed by atoms with E-state index in [1.807, 2.05) is 21.8 Å². The summed E-state index contributed by atoms with van der Waals surface area (Å²) in [6.07, 6.45) is 6.32. The van der Waals surface area contributed by atoms with Gasteiger partial charge in [-0.15, -0.1) is 0 Å². The van der Waals surface area contributed by atoms with Gasteiger partial charge in [0.2, 0.25) is 11.8 Å². The zero-order chi connectivity index (χ0) is 23.1. The summed E-state index contributed by atoms with van der Waals surface area (Å²) in [5.41, 5.74) is 4.55. The second-order valence-electron chi connectivity index (χ2n) is 9.94. The third-order valence-electron chi connectivity index (χ3n) is 7.37. The molecule has 0 radical (unpaired) electrons. The van der Waals surface area contributed by atoms with E-state index >= 15 is 0 Å². The number of hydrogen-bond acceptors (Lipinski definition) is 6. The Labute approximate surface area is 194 Å². The van der Waals surface area contributed by atoms with Crippen molar-refractivity contribution in [2.45, 2.75) is 76.8 Å². The van der Waals surface area contributed by atoms with E-state index in [2.05, 4.69) is 47.5 Å². The van der Waals surface area contributed by atoms with Gasteiger partial charge >= 0.3 is 0 Å². The van der Waals surface area contributed by atoms with Crippen LogP contribution in [-0.4, -0.2) is 55.6 Å². The van der Waals surface area contributed by atoms with E-state index in [0.29, 0.717) is 31.3 Å². The Morgan fingerprint density at radius 3 is 2.67 bits per heavy atom. The Balaban J connectivity index is 1.20. The van der Waals surface area contributed by atoms with E-state index in [-0.39, 0.29) is 11.8 Å². The van der Waals surface area contributed by atoms with Gasteiger partial charge in [0.25, 0.3) is 0 Å². The van der Waals surface area contributed by atoms with Crippen molar-refractivity contribution in [1.29, 1.82) is 0 Å².